The number of carbonyl (C=O) groups is 1. The van der Waals surface area contributed by atoms with Crippen LogP contribution in [0.2, 0.25) is 5.15 Å². The molecule has 0 saturated carbocycles. The van der Waals surface area contributed by atoms with Crippen LogP contribution in [0.1, 0.15) is 11.1 Å². The maximum Gasteiger partial charge on any atom is 0.228 e. The first-order chi connectivity index (χ1) is 8.65. The summed E-state index contributed by atoms with van der Waals surface area (Å²) in [6.07, 6.45) is 2.12. The van der Waals surface area contributed by atoms with Gasteiger partial charge < -0.3 is 5.32 Å². The van der Waals surface area contributed by atoms with Crippen molar-refractivity contribution in [3.8, 4) is 11.1 Å². The third-order valence-corrected chi connectivity index (χ3v) is 3.42. The quantitative estimate of drug-likeness (QED) is 0.798. The van der Waals surface area contributed by atoms with E-state index in [4.69, 9.17) is 11.6 Å². The average Bonchev–Trinajstić information content (AvgIpc) is 2.68. The molecule has 90 valence electrons. The highest BCUT2D eigenvalue weighted by molar-refractivity contribution is 6.32. The molecule has 0 radical (unpaired) electrons. The number of pyridine rings is 1. The van der Waals surface area contributed by atoms with E-state index in [-0.39, 0.29) is 5.91 Å². The zero-order chi connectivity index (χ0) is 12.7. The van der Waals surface area contributed by atoms with Gasteiger partial charge in [-0.3, -0.25) is 4.79 Å². The predicted molar refractivity (Wildman–Crippen MR) is 71.8 cm³/mol. The number of aryl methyl sites for hydroxylation is 1. The molecule has 18 heavy (non-hydrogen) atoms. The fraction of sp³-hybridized carbons (Fsp3) is 0.143. The van der Waals surface area contributed by atoms with Gasteiger partial charge in [-0.2, -0.15) is 0 Å². The summed E-state index contributed by atoms with van der Waals surface area (Å²) in [5.74, 6) is 0.0381. The zero-order valence-electron chi connectivity index (χ0n) is 9.83. The van der Waals surface area contributed by atoms with Crippen LogP contribution in [-0.4, -0.2) is 10.9 Å². The minimum absolute atomic E-state index is 0.0381. The number of aromatic nitrogens is 1. The number of anilines is 1. The van der Waals surface area contributed by atoms with Crippen LogP contribution in [-0.2, 0) is 11.2 Å². The van der Waals surface area contributed by atoms with Crippen molar-refractivity contribution in [2.24, 2.45) is 0 Å². The van der Waals surface area contributed by atoms with Crippen LogP contribution in [0.3, 0.4) is 0 Å². The van der Waals surface area contributed by atoms with Gasteiger partial charge in [-0.25, -0.2) is 4.98 Å². The number of amides is 1. The molecule has 3 rings (SSSR count). The number of hydrogen-bond donors (Lipinski definition) is 1. The Balaban J connectivity index is 2.14. The van der Waals surface area contributed by atoms with E-state index in [1.807, 2.05) is 31.2 Å². The Morgan fingerprint density at radius 2 is 2.17 bits per heavy atom. The van der Waals surface area contributed by atoms with Gasteiger partial charge in [0.15, 0.2) is 0 Å². The van der Waals surface area contributed by atoms with Crippen molar-refractivity contribution in [2.45, 2.75) is 13.3 Å². The normalized spacial score (nSPS) is 13.3. The van der Waals surface area contributed by atoms with Crippen LogP contribution < -0.4 is 5.32 Å². The topological polar surface area (TPSA) is 42.0 Å². The Kier molecular flexibility index (Phi) is 2.56. The summed E-state index contributed by atoms with van der Waals surface area (Å²) in [5.41, 5.74) is 4.91. The third-order valence-electron chi connectivity index (χ3n) is 3.13. The van der Waals surface area contributed by atoms with Crippen molar-refractivity contribution < 1.29 is 4.79 Å². The first-order valence-corrected chi connectivity index (χ1v) is 6.07. The summed E-state index contributed by atoms with van der Waals surface area (Å²) in [6, 6.07) is 7.81. The molecule has 2 aromatic rings. The van der Waals surface area contributed by atoms with Gasteiger partial charge in [-0.1, -0.05) is 17.7 Å². The number of fused-ring (bicyclic) bond motifs is 1. The molecule has 0 bridgehead atoms. The number of rotatable bonds is 1. The molecule has 0 saturated heterocycles. The van der Waals surface area contributed by atoms with Crippen molar-refractivity contribution in [3.05, 3.63) is 46.7 Å². The number of carbonyl (C=O) groups excluding carboxylic acids is 1. The minimum Gasteiger partial charge on any atom is -0.326 e. The summed E-state index contributed by atoms with van der Waals surface area (Å²) in [4.78, 5) is 15.4. The molecule has 0 atom stereocenters. The molecular formula is C14H11ClN2O. The second-order valence-corrected chi connectivity index (χ2v) is 4.75. The van der Waals surface area contributed by atoms with Gasteiger partial charge in [-0.15, -0.1) is 0 Å². The minimum atomic E-state index is 0.0381. The lowest BCUT2D eigenvalue weighted by molar-refractivity contribution is -0.115. The van der Waals surface area contributed by atoms with E-state index in [1.165, 1.54) is 0 Å². The number of benzene rings is 1. The molecular weight excluding hydrogens is 248 g/mol. The fourth-order valence-corrected chi connectivity index (χ4v) is 2.57. The number of hydrogen-bond acceptors (Lipinski definition) is 2. The maximum absolute atomic E-state index is 11.3. The summed E-state index contributed by atoms with van der Waals surface area (Å²) < 4.78 is 0. The Labute approximate surface area is 110 Å². The van der Waals surface area contributed by atoms with Crippen LogP contribution in [0, 0.1) is 6.92 Å². The molecule has 0 spiro atoms. The lowest BCUT2D eigenvalue weighted by Crippen LogP contribution is -2.03. The lowest BCUT2D eigenvalue weighted by atomic mass is 10.00. The second kappa shape index (κ2) is 4.10. The molecule has 3 nitrogen and oxygen atoms in total. The molecule has 2 heterocycles. The van der Waals surface area contributed by atoms with E-state index in [9.17, 15) is 4.79 Å². The summed E-state index contributed by atoms with van der Waals surface area (Å²) in [5, 5.41) is 3.31. The lowest BCUT2D eigenvalue weighted by Gasteiger charge is -2.09. The first kappa shape index (κ1) is 11.2. The van der Waals surface area contributed by atoms with Crippen molar-refractivity contribution >= 4 is 23.2 Å². The van der Waals surface area contributed by atoms with Crippen LogP contribution in [0.5, 0.6) is 0 Å². The summed E-state index contributed by atoms with van der Waals surface area (Å²) >= 11 is 6.15. The molecule has 1 N–H and O–H groups in total. The number of nitrogens with one attached hydrogen (secondary N) is 1. The standard InChI is InChI=1S/C14H11ClN2O/c1-8-4-5-16-14(15)13(8)9-2-3-11-10(6-9)7-12(18)17-11/h2-6H,7H2,1H3,(H,17,18). The molecule has 1 aromatic heterocycles. The van der Waals surface area contributed by atoms with Gasteiger partial charge in [0.1, 0.15) is 5.15 Å². The van der Waals surface area contributed by atoms with Gasteiger partial charge >= 0.3 is 0 Å². The van der Waals surface area contributed by atoms with E-state index >= 15 is 0 Å². The Hall–Kier alpha value is -1.87. The predicted octanol–water partition coefficient (Wildman–Crippen LogP) is 3.21. The molecule has 1 aromatic carbocycles. The molecule has 0 fully saturated rings. The van der Waals surface area contributed by atoms with Crippen LogP contribution in [0.4, 0.5) is 5.69 Å². The van der Waals surface area contributed by atoms with Crippen LogP contribution >= 0.6 is 11.6 Å². The van der Waals surface area contributed by atoms with Crippen molar-refractivity contribution in [1.82, 2.24) is 4.98 Å². The average molecular weight is 259 g/mol. The summed E-state index contributed by atoms with van der Waals surface area (Å²) in [7, 11) is 0. The van der Waals surface area contributed by atoms with Crippen molar-refractivity contribution in [1.29, 1.82) is 0 Å². The molecule has 1 amide bonds. The highest BCUT2D eigenvalue weighted by atomic mass is 35.5. The van der Waals surface area contributed by atoms with Crippen LogP contribution in [0.25, 0.3) is 11.1 Å². The van der Waals surface area contributed by atoms with Gasteiger partial charge in [0.05, 0.1) is 6.42 Å². The second-order valence-electron chi connectivity index (χ2n) is 4.39. The van der Waals surface area contributed by atoms with E-state index in [0.29, 0.717) is 11.6 Å². The smallest absolute Gasteiger partial charge is 0.228 e. The highest BCUT2D eigenvalue weighted by Crippen LogP contribution is 2.33. The van der Waals surface area contributed by atoms with E-state index in [1.54, 1.807) is 6.20 Å². The van der Waals surface area contributed by atoms with Crippen LogP contribution in [0.15, 0.2) is 30.5 Å². The molecule has 4 heteroatoms. The molecule has 1 aliphatic rings. The fourth-order valence-electron chi connectivity index (χ4n) is 2.26. The SMILES string of the molecule is Cc1ccnc(Cl)c1-c1ccc2c(c1)CC(=O)N2. The number of nitrogens with zero attached hydrogens (tertiary/aromatic N) is 1. The monoisotopic (exact) mass is 258 g/mol. The Morgan fingerprint density at radius 3 is 2.94 bits per heavy atom. The Morgan fingerprint density at radius 1 is 1.33 bits per heavy atom. The van der Waals surface area contributed by atoms with E-state index in [2.05, 4.69) is 10.3 Å². The van der Waals surface area contributed by atoms with Gasteiger partial charge in [0.25, 0.3) is 0 Å². The van der Waals surface area contributed by atoms with Gasteiger partial charge in [0.2, 0.25) is 5.91 Å². The molecule has 0 aliphatic carbocycles. The van der Waals surface area contributed by atoms with E-state index in [0.717, 1.165) is 27.9 Å². The third kappa shape index (κ3) is 1.77. The van der Waals surface area contributed by atoms with Crippen molar-refractivity contribution in [2.75, 3.05) is 5.32 Å². The molecule has 1 aliphatic heterocycles. The van der Waals surface area contributed by atoms with E-state index < -0.39 is 0 Å². The Bertz CT molecular complexity index is 632. The zero-order valence-corrected chi connectivity index (χ0v) is 10.6. The van der Waals surface area contributed by atoms with Gasteiger partial charge in [-0.05, 0) is 41.8 Å². The number of halogens is 1. The summed E-state index contributed by atoms with van der Waals surface area (Å²) in [6.45, 7) is 2.00. The largest absolute Gasteiger partial charge is 0.326 e. The van der Waals surface area contributed by atoms with Crippen molar-refractivity contribution in [3.63, 3.8) is 0 Å². The first-order valence-electron chi connectivity index (χ1n) is 5.69. The maximum atomic E-state index is 11.3. The van der Waals surface area contributed by atoms with Gasteiger partial charge in [0, 0.05) is 17.4 Å². The highest BCUT2D eigenvalue weighted by Gasteiger charge is 2.18. The molecule has 0 unspecified atom stereocenters.